The Kier molecular flexibility index (Phi) is 6.04. The number of nitrogens with one attached hydrogen (secondary N) is 1. The number of hydrogen-bond donors (Lipinski definition) is 1. The Hall–Kier alpha value is -2.86. The molecule has 2 atom stereocenters. The van der Waals surface area contributed by atoms with E-state index in [1.165, 1.54) is 4.90 Å². The lowest BCUT2D eigenvalue weighted by atomic mass is 9.81. The van der Waals surface area contributed by atoms with E-state index in [1.54, 1.807) is 18.2 Å². The van der Waals surface area contributed by atoms with Crippen molar-refractivity contribution in [3.05, 3.63) is 53.6 Å². The van der Waals surface area contributed by atoms with E-state index in [-0.39, 0.29) is 42.5 Å². The molecule has 1 N–H and O–H groups in total. The molecule has 0 radical (unpaired) electrons. The molecule has 6 nitrogen and oxygen atoms in total. The van der Waals surface area contributed by atoms with Gasteiger partial charge in [-0.15, -0.1) is 0 Å². The Labute approximate surface area is 180 Å². The molecule has 156 valence electrons. The van der Waals surface area contributed by atoms with Gasteiger partial charge in [-0.25, -0.2) is 0 Å². The van der Waals surface area contributed by atoms with Crippen LogP contribution in [-0.4, -0.2) is 29.2 Å². The number of carbonyl (C=O) groups excluding carboxylic acids is 3. The molecule has 1 aliphatic carbocycles. The maximum atomic E-state index is 12.6. The normalized spacial score (nSPS) is 20.8. The Morgan fingerprint density at radius 2 is 1.70 bits per heavy atom. The highest BCUT2D eigenvalue weighted by Crippen LogP contribution is 2.38. The highest BCUT2D eigenvalue weighted by Gasteiger charge is 2.47. The van der Waals surface area contributed by atoms with Crippen LogP contribution in [0.5, 0.6) is 11.5 Å². The van der Waals surface area contributed by atoms with Gasteiger partial charge in [0.15, 0.2) is 5.75 Å². The minimum Gasteiger partial charge on any atom is -0.455 e. The van der Waals surface area contributed by atoms with Crippen molar-refractivity contribution < 1.29 is 19.1 Å². The van der Waals surface area contributed by atoms with E-state index in [0.717, 1.165) is 25.7 Å². The monoisotopic (exact) mass is 426 g/mol. The van der Waals surface area contributed by atoms with E-state index < -0.39 is 0 Å². The van der Waals surface area contributed by atoms with Gasteiger partial charge in [0.05, 0.1) is 17.5 Å². The quantitative estimate of drug-likeness (QED) is 0.683. The van der Waals surface area contributed by atoms with Crippen molar-refractivity contribution in [2.45, 2.75) is 32.1 Å². The molecule has 3 amide bonds. The van der Waals surface area contributed by atoms with Crippen molar-refractivity contribution in [3.63, 3.8) is 0 Å². The van der Waals surface area contributed by atoms with E-state index in [2.05, 4.69) is 5.32 Å². The van der Waals surface area contributed by atoms with Crippen molar-refractivity contribution in [1.82, 2.24) is 4.90 Å². The molecule has 7 heteroatoms. The number of likely N-dealkylation sites (tertiary alicyclic amines) is 1. The second-order valence-electron chi connectivity index (χ2n) is 7.68. The van der Waals surface area contributed by atoms with E-state index >= 15 is 0 Å². The van der Waals surface area contributed by atoms with Crippen LogP contribution in [0.3, 0.4) is 0 Å². The number of ether oxygens (including phenoxy) is 1. The zero-order valence-corrected chi connectivity index (χ0v) is 17.2. The number of fused-ring (bicyclic) bond motifs is 1. The second-order valence-corrected chi connectivity index (χ2v) is 8.12. The number of anilines is 1. The highest BCUT2D eigenvalue weighted by molar-refractivity contribution is 6.31. The number of rotatable bonds is 6. The van der Waals surface area contributed by atoms with Gasteiger partial charge in [0.25, 0.3) is 0 Å². The van der Waals surface area contributed by atoms with Crippen LogP contribution in [-0.2, 0) is 14.4 Å². The van der Waals surface area contributed by atoms with Crippen LogP contribution < -0.4 is 10.1 Å². The summed E-state index contributed by atoms with van der Waals surface area (Å²) in [4.78, 5) is 38.9. The number of imide groups is 1. The summed E-state index contributed by atoms with van der Waals surface area (Å²) in [6, 6.07) is 14.2. The molecule has 1 saturated heterocycles. The lowest BCUT2D eigenvalue weighted by Crippen LogP contribution is -2.34. The van der Waals surface area contributed by atoms with Crippen LogP contribution in [0.1, 0.15) is 32.1 Å². The van der Waals surface area contributed by atoms with Crippen molar-refractivity contribution in [2.75, 3.05) is 11.9 Å². The molecule has 1 saturated carbocycles. The number of benzene rings is 2. The maximum absolute atomic E-state index is 12.6. The number of hydrogen-bond acceptors (Lipinski definition) is 4. The summed E-state index contributed by atoms with van der Waals surface area (Å²) in [5.74, 6) is 0.109. The van der Waals surface area contributed by atoms with Crippen LogP contribution in [0.4, 0.5) is 5.69 Å². The Bertz CT molecular complexity index is 939. The molecule has 0 bridgehead atoms. The largest absolute Gasteiger partial charge is 0.455 e. The number of para-hydroxylation sites is 1. The van der Waals surface area contributed by atoms with Crippen LogP contribution in [0.2, 0.25) is 5.02 Å². The van der Waals surface area contributed by atoms with Gasteiger partial charge in [-0.05, 0) is 43.2 Å². The zero-order valence-electron chi connectivity index (χ0n) is 16.5. The fraction of sp³-hybridized carbons (Fsp3) is 0.348. The van der Waals surface area contributed by atoms with Crippen LogP contribution >= 0.6 is 11.6 Å². The van der Waals surface area contributed by atoms with Crippen molar-refractivity contribution in [3.8, 4) is 11.5 Å². The molecule has 1 heterocycles. The van der Waals surface area contributed by atoms with Gasteiger partial charge >= 0.3 is 0 Å². The number of nitrogens with zero attached hydrogens (tertiary/aromatic N) is 1. The van der Waals surface area contributed by atoms with Gasteiger partial charge < -0.3 is 10.1 Å². The predicted octanol–water partition coefficient (Wildman–Crippen LogP) is 4.64. The molecule has 0 aromatic heterocycles. The van der Waals surface area contributed by atoms with E-state index in [1.807, 2.05) is 30.3 Å². The number of halogens is 1. The molecule has 0 unspecified atom stereocenters. The molecule has 2 aromatic carbocycles. The first-order valence-electron chi connectivity index (χ1n) is 10.2. The summed E-state index contributed by atoms with van der Waals surface area (Å²) in [5, 5.41) is 3.25. The smallest absolute Gasteiger partial charge is 0.233 e. The van der Waals surface area contributed by atoms with Crippen molar-refractivity contribution in [1.29, 1.82) is 0 Å². The number of amides is 3. The first-order chi connectivity index (χ1) is 14.5. The van der Waals surface area contributed by atoms with Gasteiger partial charge in [-0.2, -0.15) is 0 Å². The summed E-state index contributed by atoms with van der Waals surface area (Å²) in [6.45, 7) is 0.0892. The fourth-order valence-electron chi connectivity index (χ4n) is 4.18. The van der Waals surface area contributed by atoms with Gasteiger partial charge in [0.1, 0.15) is 5.75 Å². The molecular weight excluding hydrogens is 404 g/mol. The average molecular weight is 427 g/mol. The lowest BCUT2D eigenvalue weighted by Gasteiger charge is -2.19. The minimum atomic E-state index is -0.314. The van der Waals surface area contributed by atoms with Gasteiger partial charge in [-0.1, -0.05) is 42.6 Å². The summed E-state index contributed by atoms with van der Waals surface area (Å²) in [7, 11) is 0. The molecular formula is C23H23ClN2O4. The second kappa shape index (κ2) is 8.88. The van der Waals surface area contributed by atoms with Crippen molar-refractivity contribution >= 4 is 35.0 Å². The number of carbonyl (C=O) groups is 3. The standard InChI is InChI=1S/C23H23ClN2O4/c24-15-10-11-20(30-16-6-2-1-3-7-16)19(14-15)25-21(27)12-13-26-22(28)17-8-4-5-9-18(17)23(26)29/h1-3,6-7,10-11,14,17-18H,4-5,8-9,12-13H2,(H,25,27)/t17-,18-/m0/s1. The van der Waals surface area contributed by atoms with Gasteiger partial charge in [0, 0.05) is 18.0 Å². The zero-order chi connectivity index (χ0) is 21.1. The molecule has 1 aliphatic heterocycles. The average Bonchev–Trinajstić information content (AvgIpc) is 2.99. The SMILES string of the molecule is O=C(CCN1C(=O)[C@H]2CCCC[C@@H]2C1=O)Nc1cc(Cl)ccc1Oc1ccccc1. The Morgan fingerprint density at radius 3 is 2.37 bits per heavy atom. The third-order valence-corrected chi connectivity index (χ3v) is 5.92. The van der Waals surface area contributed by atoms with Gasteiger partial charge in [-0.3, -0.25) is 19.3 Å². The predicted molar refractivity (Wildman–Crippen MR) is 113 cm³/mol. The lowest BCUT2D eigenvalue weighted by molar-refractivity contribution is -0.140. The minimum absolute atomic E-state index is 0.0220. The van der Waals surface area contributed by atoms with Crippen LogP contribution in [0, 0.1) is 11.8 Å². The first-order valence-corrected chi connectivity index (χ1v) is 10.6. The third kappa shape index (κ3) is 4.33. The van der Waals surface area contributed by atoms with E-state index in [0.29, 0.717) is 22.2 Å². The fourth-order valence-corrected chi connectivity index (χ4v) is 4.35. The maximum Gasteiger partial charge on any atom is 0.233 e. The Balaban J connectivity index is 1.40. The van der Waals surface area contributed by atoms with E-state index in [4.69, 9.17) is 16.3 Å². The summed E-state index contributed by atoms with van der Waals surface area (Å²) in [6.07, 6.45) is 3.51. The summed E-state index contributed by atoms with van der Waals surface area (Å²) >= 11 is 6.09. The first kappa shape index (κ1) is 20.4. The summed E-state index contributed by atoms with van der Waals surface area (Å²) in [5.41, 5.74) is 0.434. The highest BCUT2D eigenvalue weighted by atomic mass is 35.5. The molecule has 30 heavy (non-hydrogen) atoms. The van der Waals surface area contributed by atoms with Gasteiger partial charge in [0.2, 0.25) is 17.7 Å². The third-order valence-electron chi connectivity index (χ3n) is 5.68. The molecule has 2 aromatic rings. The molecule has 2 aliphatic rings. The van der Waals surface area contributed by atoms with E-state index in [9.17, 15) is 14.4 Å². The van der Waals surface area contributed by atoms with Crippen LogP contribution in [0.15, 0.2) is 48.5 Å². The molecule has 2 fully saturated rings. The molecule has 4 rings (SSSR count). The topological polar surface area (TPSA) is 75.7 Å². The van der Waals surface area contributed by atoms with Crippen LogP contribution in [0.25, 0.3) is 0 Å². The Morgan fingerprint density at radius 1 is 1.03 bits per heavy atom. The van der Waals surface area contributed by atoms with Crippen molar-refractivity contribution in [2.24, 2.45) is 11.8 Å². The summed E-state index contributed by atoms with van der Waals surface area (Å²) < 4.78 is 5.85. The molecule has 0 spiro atoms.